The summed E-state index contributed by atoms with van der Waals surface area (Å²) >= 11 is 3.01. The number of nitrogens with one attached hydrogen (secondary N) is 1. The van der Waals surface area contributed by atoms with Gasteiger partial charge in [0.25, 0.3) is 5.91 Å². The number of nitrogens with two attached hydrogens (primary N) is 1. The number of amides is 1. The summed E-state index contributed by atoms with van der Waals surface area (Å²) in [5.74, 6) is 1.82. The summed E-state index contributed by atoms with van der Waals surface area (Å²) in [6, 6.07) is 5.74. The van der Waals surface area contributed by atoms with Crippen LogP contribution in [-0.4, -0.2) is 30.6 Å². The Labute approximate surface area is 144 Å². The number of rotatable bonds is 4. The van der Waals surface area contributed by atoms with Crippen LogP contribution in [0.4, 0.5) is 0 Å². The standard InChI is InChI=1S/C15H17BrN2O3.ClH/c1-15(2,17)12(14(20)21-3)18-13(19)11-6-4-10(5-7-11)8-9-16;/h4-7,12H,17H2,1-3H3,(H,18,19);1H. The molecule has 0 aliphatic carbocycles. The van der Waals surface area contributed by atoms with Crippen LogP contribution in [0, 0.1) is 10.8 Å². The molecule has 0 spiro atoms. The van der Waals surface area contributed by atoms with Crippen molar-refractivity contribution in [3.05, 3.63) is 35.4 Å². The van der Waals surface area contributed by atoms with Crippen LogP contribution in [-0.2, 0) is 9.53 Å². The fourth-order valence-corrected chi connectivity index (χ4v) is 1.87. The van der Waals surface area contributed by atoms with Crippen LogP contribution in [0.3, 0.4) is 0 Å². The summed E-state index contributed by atoms with van der Waals surface area (Å²) < 4.78 is 4.67. The van der Waals surface area contributed by atoms with Crippen LogP contribution in [0.2, 0.25) is 0 Å². The average molecular weight is 390 g/mol. The Balaban J connectivity index is 0.00000441. The molecule has 3 N–H and O–H groups in total. The lowest BCUT2D eigenvalue weighted by atomic mass is 9.95. The second-order valence-electron chi connectivity index (χ2n) is 5.05. The van der Waals surface area contributed by atoms with Gasteiger partial charge in [0, 0.05) is 32.6 Å². The lowest BCUT2D eigenvalue weighted by molar-refractivity contribution is -0.144. The molecule has 22 heavy (non-hydrogen) atoms. The smallest absolute Gasteiger partial charge is 0.330 e. The van der Waals surface area contributed by atoms with E-state index in [0.717, 1.165) is 5.56 Å². The van der Waals surface area contributed by atoms with Gasteiger partial charge in [-0.1, -0.05) is 5.92 Å². The third-order valence-corrected chi connectivity index (χ3v) is 2.99. The second-order valence-corrected chi connectivity index (χ2v) is 5.44. The van der Waals surface area contributed by atoms with Gasteiger partial charge in [-0.2, -0.15) is 0 Å². The van der Waals surface area contributed by atoms with Gasteiger partial charge < -0.3 is 15.8 Å². The van der Waals surface area contributed by atoms with Crippen molar-refractivity contribution in [2.75, 3.05) is 7.11 Å². The molecule has 120 valence electrons. The van der Waals surface area contributed by atoms with Gasteiger partial charge in [-0.25, -0.2) is 4.79 Å². The van der Waals surface area contributed by atoms with E-state index in [1.165, 1.54) is 7.11 Å². The van der Waals surface area contributed by atoms with Crippen LogP contribution in [0.25, 0.3) is 0 Å². The van der Waals surface area contributed by atoms with E-state index in [1.807, 2.05) is 0 Å². The van der Waals surface area contributed by atoms with Gasteiger partial charge in [0.1, 0.15) is 6.04 Å². The van der Waals surface area contributed by atoms with Crippen molar-refractivity contribution in [1.82, 2.24) is 5.32 Å². The van der Waals surface area contributed by atoms with E-state index in [0.29, 0.717) is 5.56 Å². The highest BCUT2D eigenvalue weighted by atomic mass is 79.9. The number of hydrogen-bond donors (Lipinski definition) is 2. The molecule has 1 rings (SSSR count). The maximum Gasteiger partial charge on any atom is 0.330 e. The zero-order valence-corrected chi connectivity index (χ0v) is 14.9. The summed E-state index contributed by atoms with van der Waals surface area (Å²) in [5.41, 5.74) is 6.15. The number of esters is 1. The molecular weight excluding hydrogens is 372 g/mol. The summed E-state index contributed by atoms with van der Waals surface area (Å²) in [6.45, 7) is 3.28. The summed E-state index contributed by atoms with van der Waals surface area (Å²) in [4.78, 5) is 26.5. The van der Waals surface area contributed by atoms with E-state index in [-0.39, 0.29) is 12.4 Å². The van der Waals surface area contributed by atoms with Gasteiger partial charge in [-0.3, -0.25) is 4.79 Å². The van der Waals surface area contributed by atoms with Gasteiger partial charge >= 0.3 is 5.97 Å². The molecule has 1 unspecified atom stereocenters. The molecule has 7 heteroatoms. The molecule has 5 nitrogen and oxygen atoms in total. The van der Waals surface area contributed by atoms with Crippen molar-refractivity contribution >= 4 is 40.2 Å². The van der Waals surface area contributed by atoms with Gasteiger partial charge in [0.05, 0.1) is 7.11 Å². The van der Waals surface area contributed by atoms with E-state index in [1.54, 1.807) is 38.1 Å². The Kier molecular flexibility index (Phi) is 8.17. The first-order valence-electron chi connectivity index (χ1n) is 6.19. The van der Waals surface area contributed by atoms with Crippen molar-refractivity contribution in [2.24, 2.45) is 5.73 Å². The predicted octanol–water partition coefficient (Wildman–Crippen LogP) is 1.82. The minimum absolute atomic E-state index is 0. The Bertz CT molecular complexity index is 586. The van der Waals surface area contributed by atoms with E-state index >= 15 is 0 Å². The lowest BCUT2D eigenvalue weighted by Crippen LogP contribution is -2.59. The molecule has 0 saturated heterocycles. The number of methoxy groups -OCH3 is 1. The highest BCUT2D eigenvalue weighted by molar-refractivity contribution is 9.12. The molecule has 1 amide bonds. The van der Waals surface area contributed by atoms with E-state index in [4.69, 9.17) is 5.73 Å². The lowest BCUT2D eigenvalue weighted by Gasteiger charge is -2.28. The largest absolute Gasteiger partial charge is 0.467 e. The molecule has 0 radical (unpaired) electrons. The molecule has 0 aliphatic heterocycles. The quantitative estimate of drug-likeness (QED) is 0.608. The topological polar surface area (TPSA) is 81.4 Å². The van der Waals surface area contributed by atoms with Crippen molar-refractivity contribution in [2.45, 2.75) is 25.4 Å². The van der Waals surface area contributed by atoms with Crippen LogP contribution in [0.1, 0.15) is 29.8 Å². The fraction of sp³-hybridized carbons (Fsp3) is 0.333. The number of ether oxygens (including phenoxy) is 1. The first-order chi connectivity index (χ1) is 9.79. The highest BCUT2D eigenvalue weighted by Gasteiger charge is 2.34. The van der Waals surface area contributed by atoms with Crippen molar-refractivity contribution in [1.29, 1.82) is 0 Å². The minimum Gasteiger partial charge on any atom is -0.467 e. The maximum atomic E-state index is 12.2. The summed E-state index contributed by atoms with van der Waals surface area (Å²) in [7, 11) is 1.25. The molecular formula is C15H18BrClN2O3. The van der Waals surface area contributed by atoms with Gasteiger partial charge in [0.2, 0.25) is 0 Å². The zero-order valence-electron chi connectivity index (χ0n) is 12.5. The van der Waals surface area contributed by atoms with Crippen molar-refractivity contribution < 1.29 is 14.3 Å². The number of carbonyl (C=O) groups excluding carboxylic acids is 2. The van der Waals surface area contributed by atoms with Gasteiger partial charge in [-0.15, -0.1) is 12.4 Å². The molecule has 1 aromatic rings. The normalized spacial score (nSPS) is 11.3. The summed E-state index contributed by atoms with van der Waals surface area (Å²) in [5, 5.41) is 2.59. The maximum absolute atomic E-state index is 12.2. The second kappa shape index (κ2) is 8.79. The van der Waals surface area contributed by atoms with E-state index in [9.17, 15) is 9.59 Å². The van der Waals surface area contributed by atoms with Crippen molar-refractivity contribution in [3.8, 4) is 10.8 Å². The fourth-order valence-electron chi connectivity index (χ4n) is 1.64. The molecule has 1 aromatic carbocycles. The van der Waals surface area contributed by atoms with E-state index in [2.05, 4.69) is 36.7 Å². The molecule has 0 aromatic heterocycles. The number of halogens is 2. The predicted molar refractivity (Wildman–Crippen MR) is 91.0 cm³/mol. The van der Waals surface area contributed by atoms with Crippen molar-refractivity contribution in [3.63, 3.8) is 0 Å². The first-order valence-corrected chi connectivity index (χ1v) is 6.98. The monoisotopic (exact) mass is 388 g/mol. The Morgan fingerprint density at radius 1 is 1.32 bits per heavy atom. The third-order valence-electron chi connectivity index (χ3n) is 2.80. The SMILES string of the molecule is COC(=O)C(NC(=O)c1ccc(C#CBr)cc1)C(C)(C)N.Cl. The minimum atomic E-state index is -0.940. The van der Waals surface area contributed by atoms with Crippen LogP contribution in [0.5, 0.6) is 0 Å². The summed E-state index contributed by atoms with van der Waals surface area (Å²) in [6.07, 6.45) is 0. The number of benzene rings is 1. The molecule has 0 bridgehead atoms. The number of hydrogen-bond acceptors (Lipinski definition) is 4. The average Bonchev–Trinajstić information content (AvgIpc) is 2.43. The molecule has 0 heterocycles. The Hall–Kier alpha value is -1.55. The molecule has 0 saturated carbocycles. The Morgan fingerprint density at radius 3 is 2.27 bits per heavy atom. The molecule has 1 atom stereocenters. The van der Waals surface area contributed by atoms with Gasteiger partial charge in [-0.05, 0) is 42.9 Å². The van der Waals surface area contributed by atoms with Crippen LogP contribution >= 0.6 is 28.3 Å². The highest BCUT2D eigenvalue weighted by Crippen LogP contribution is 2.10. The Morgan fingerprint density at radius 2 is 1.86 bits per heavy atom. The third kappa shape index (κ3) is 5.68. The first kappa shape index (κ1) is 20.5. The van der Waals surface area contributed by atoms with E-state index < -0.39 is 23.5 Å². The zero-order chi connectivity index (χ0) is 16.0. The molecule has 0 fully saturated rings. The van der Waals surface area contributed by atoms with Crippen LogP contribution in [0.15, 0.2) is 24.3 Å². The number of carbonyl (C=O) groups is 2. The molecule has 0 aliphatic rings. The van der Waals surface area contributed by atoms with Gasteiger partial charge in [0.15, 0.2) is 0 Å². The van der Waals surface area contributed by atoms with Crippen LogP contribution < -0.4 is 11.1 Å².